The van der Waals surface area contributed by atoms with Crippen molar-refractivity contribution in [3.05, 3.63) is 144 Å². The van der Waals surface area contributed by atoms with E-state index in [2.05, 4.69) is 121 Å². The highest BCUT2D eigenvalue weighted by molar-refractivity contribution is 5.83. The van der Waals surface area contributed by atoms with Crippen LogP contribution in [0.1, 0.15) is 35.1 Å². The Hall–Kier alpha value is -4.35. The molecule has 5 rings (SSSR count). The number of rotatable bonds is 7. The van der Waals surface area contributed by atoms with E-state index in [1.54, 1.807) is 0 Å². The molecule has 0 spiro atoms. The van der Waals surface area contributed by atoms with E-state index in [4.69, 9.17) is 0 Å². The van der Waals surface area contributed by atoms with Crippen molar-refractivity contribution in [1.82, 2.24) is 0 Å². The summed E-state index contributed by atoms with van der Waals surface area (Å²) in [5.41, 5.74) is 6.49. The molecule has 0 bridgehead atoms. The molecule has 0 aliphatic heterocycles. The van der Waals surface area contributed by atoms with Crippen LogP contribution < -0.4 is 5.32 Å². The molecule has 0 radical (unpaired) electrons. The lowest BCUT2D eigenvalue weighted by Gasteiger charge is -2.36. The number of anilines is 2. The molecule has 0 fully saturated rings. The summed E-state index contributed by atoms with van der Waals surface area (Å²) in [6.45, 7) is 2.13. The molecule has 0 heterocycles. The zero-order valence-corrected chi connectivity index (χ0v) is 19.9. The summed E-state index contributed by atoms with van der Waals surface area (Å²) < 4.78 is 0. The van der Waals surface area contributed by atoms with Gasteiger partial charge in [0.15, 0.2) is 0 Å². The van der Waals surface area contributed by atoms with Gasteiger partial charge in [0.25, 0.3) is 0 Å². The Morgan fingerprint density at radius 1 is 0.629 bits per heavy atom. The van der Waals surface area contributed by atoms with Crippen LogP contribution in [-0.4, -0.2) is 0 Å². The van der Waals surface area contributed by atoms with Crippen LogP contribution in [0.2, 0.25) is 0 Å². The SMILES string of the molecule is Cc1cccc(C(CCC#N)(c2ccc(Nc3ccccc3)cc2)c2ccc3ccccc3c2)c1. The molecule has 0 aliphatic rings. The van der Waals surface area contributed by atoms with Crippen LogP contribution in [0.15, 0.2) is 121 Å². The van der Waals surface area contributed by atoms with Crippen LogP contribution >= 0.6 is 0 Å². The molecule has 1 unspecified atom stereocenters. The highest BCUT2D eigenvalue weighted by atomic mass is 14.9. The third kappa shape index (κ3) is 4.54. The molecule has 1 N–H and O–H groups in total. The molecular formula is C33H28N2. The molecule has 0 aromatic heterocycles. The third-order valence-corrected chi connectivity index (χ3v) is 6.81. The van der Waals surface area contributed by atoms with E-state index in [-0.39, 0.29) is 0 Å². The van der Waals surface area contributed by atoms with E-state index < -0.39 is 5.41 Å². The first kappa shape index (κ1) is 22.4. The van der Waals surface area contributed by atoms with Gasteiger partial charge in [-0.2, -0.15) is 5.26 Å². The highest BCUT2D eigenvalue weighted by Gasteiger charge is 2.36. The van der Waals surface area contributed by atoms with Crippen LogP contribution in [0.3, 0.4) is 0 Å². The smallest absolute Gasteiger partial charge is 0.0622 e. The molecule has 1 atom stereocenters. The summed E-state index contributed by atoms with van der Waals surface area (Å²) in [5.74, 6) is 0. The minimum Gasteiger partial charge on any atom is -0.356 e. The summed E-state index contributed by atoms with van der Waals surface area (Å²) in [6.07, 6.45) is 1.17. The lowest BCUT2D eigenvalue weighted by atomic mass is 9.66. The first-order valence-corrected chi connectivity index (χ1v) is 12.0. The Labute approximate surface area is 207 Å². The second-order valence-corrected chi connectivity index (χ2v) is 9.06. The van der Waals surface area contributed by atoms with Crippen LogP contribution in [0.4, 0.5) is 11.4 Å². The van der Waals surface area contributed by atoms with E-state index in [9.17, 15) is 5.26 Å². The number of nitriles is 1. The molecule has 35 heavy (non-hydrogen) atoms. The Morgan fingerprint density at radius 3 is 2.03 bits per heavy atom. The number of hydrogen-bond acceptors (Lipinski definition) is 2. The van der Waals surface area contributed by atoms with Crippen LogP contribution in [0, 0.1) is 18.3 Å². The van der Waals surface area contributed by atoms with E-state index in [1.165, 1.54) is 33.0 Å². The van der Waals surface area contributed by atoms with Crippen LogP contribution in [0.25, 0.3) is 10.8 Å². The second-order valence-electron chi connectivity index (χ2n) is 9.06. The van der Waals surface area contributed by atoms with Gasteiger partial charge in [-0.15, -0.1) is 0 Å². The Morgan fingerprint density at radius 2 is 1.29 bits per heavy atom. The molecule has 2 nitrogen and oxygen atoms in total. The van der Waals surface area contributed by atoms with Crippen molar-refractivity contribution >= 4 is 22.1 Å². The molecule has 5 aromatic rings. The lowest BCUT2D eigenvalue weighted by molar-refractivity contribution is 0.569. The van der Waals surface area contributed by atoms with Gasteiger partial charge in [0.1, 0.15) is 0 Å². The minimum atomic E-state index is -0.433. The summed E-state index contributed by atoms with van der Waals surface area (Å²) in [7, 11) is 0. The molecule has 170 valence electrons. The maximum atomic E-state index is 9.64. The van der Waals surface area contributed by atoms with Crippen molar-refractivity contribution < 1.29 is 0 Å². The van der Waals surface area contributed by atoms with Gasteiger partial charge in [0.05, 0.1) is 6.07 Å². The molecule has 0 amide bonds. The zero-order chi connectivity index (χ0) is 24.1. The first-order valence-electron chi connectivity index (χ1n) is 12.0. The van der Waals surface area contributed by atoms with Gasteiger partial charge in [-0.3, -0.25) is 0 Å². The largest absolute Gasteiger partial charge is 0.356 e. The Balaban J connectivity index is 1.68. The predicted molar refractivity (Wildman–Crippen MR) is 146 cm³/mol. The summed E-state index contributed by atoms with van der Waals surface area (Å²) in [6, 6.07) is 45.2. The molecule has 5 aromatic carbocycles. The van der Waals surface area contributed by atoms with Gasteiger partial charge in [0.2, 0.25) is 0 Å². The van der Waals surface area contributed by atoms with E-state index in [1.807, 2.05) is 18.2 Å². The van der Waals surface area contributed by atoms with Gasteiger partial charge in [-0.25, -0.2) is 0 Å². The molecule has 2 heteroatoms. The summed E-state index contributed by atoms with van der Waals surface area (Å²) in [4.78, 5) is 0. The Kier molecular flexibility index (Phi) is 6.33. The van der Waals surface area contributed by atoms with Crippen LogP contribution in [-0.2, 0) is 5.41 Å². The van der Waals surface area contributed by atoms with Crippen molar-refractivity contribution in [3.8, 4) is 6.07 Å². The topological polar surface area (TPSA) is 35.8 Å². The predicted octanol–water partition coefficient (Wildman–Crippen LogP) is 8.53. The first-order chi connectivity index (χ1) is 17.2. The minimum absolute atomic E-state index is 0.433. The van der Waals surface area contributed by atoms with Crippen LogP contribution in [0.5, 0.6) is 0 Å². The summed E-state index contributed by atoms with van der Waals surface area (Å²) in [5, 5.41) is 15.6. The lowest BCUT2D eigenvalue weighted by Crippen LogP contribution is -2.29. The number of benzene rings is 5. The monoisotopic (exact) mass is 452 g/mol. The normalized spacial score (nSPS) is 12.6. The zero-order valence-electron chi connectivity index (χ0n) is 19.9. The maximum Gasteiger partial charge on any atom is 0.0622 e. The van der Waals surface area contributed by atoms with Gasteiger partial charge < -0.3 is 5.32 Å². The van der Waals surface area contributed by atoms with E-state index in [0.29, 0.717) is 12.8 Å². The number of nitrogens with zero attached hydrogens (tertiary/aromatic N) is 1. The van der Waals surface area contributed by atoms with Gasteiger partial charge in [-0.1, -0.05) is 96.6 Å². The number of fused-ring (bicyclic) bond motifs is 1. The number of hydrogen-bond donors (Lipinski definition) is 1. The Bertz CT molecular complexity index is 1480. The van der Waals surface area contributed by atoms with E-state index >= 15 is 0 Å². The molecule has 0 saturated heterocycles. The fourth-order valence-corrected chi connectivity index (χ4v) is 5.07. The second kappa shape index (κ2) is 9.87. The maximum absolute atomic E-state index is 9.64. The number of aryl methyl sites for hydroxylation is 1. The third-order valence-electron chi connectivity index (χ3n) is 6.81. The van der Waals surface area contributed by atoms with E-state index in [0.717, 1.165) is 11.4 Å². The van der Waals surface area contributed by atoms with Gasteiger partial charge in [0, 0.05) is 23.2 Å². The van der Waals surface area contributed by atoms with Gasteiger partial charge in [-0.05, 0) is 71.1 Å². The molecular weight excluding hydrogens is 424 g/mol. The molecule has 0 aliphatic carbocycles. The average molecular weight is 453 g/mol. The fraction of sp³-hybridized carbons (Fsp3) is 0.121. The molecule has 0 saturated carbocycles. The highest BCUT2D eigenvalue weighted by Crippen LogP contribution is 2.44. The number of para-hydroxylation sites is 1. The quantitative estimate of drug-likeness (QED) is 0.251. The van der Waals surface area contributed by atoms with Crippen molar-refractivity contribution in [2.24, 2.45) is 0 Å². The van der Waals surface area contributed by atoms with Crippen molar-refractivity contribution in [2.45, 2.75) is 25.2 Å². The van der Waals surface area contributed by atoms with Crippen molar-refractivity contribution in [2.75, 3.05) is 5.32 Å². The average Bonchev–Trinajstić information content (AvgIpc) is 2.90. The van der Waals surface area contributed by atoms with Crippen molar-refractivity contribution in [1.29, 1.82) is 5.26 Å². The van der Waals surface area contributed by atoms with Gasteiger partial charge >= 0.3 is 0 Å². The fourth-order valence-electron chi connectivity index (χ4n) is 5.07. The van der Waals surface area contributed by atoms with Crippen molar-refractivity contribution in [3.63, 3.8) is 0 Å². The standard InChI is InChI=1S/C33H28N2/c1-25-9-7-12-29(23-25)33(21-8-22-34,30-16-15-26-10-5-6-11-27(26)24-30)28-17-19-32(20-18-28)35-31-13-3-2-4-14-31/h2-7,9-20,23-24,35H,8,21H2,1H3. The number of nitrogens with one attached hydrogen (secondary N) is 1. The summed E-state index contributed by atoms with van der Waals surface area (Å²) >= 11 is 0.